The van der Waals surface area contributed by atoms with E-state index in [1.807, 2.05) is 39.0 Å². The molecule has 3 rings (SSSR count). The largest absolute Gasteiger partial charge is 0.444 e. The van der Waals surface area contributed by atoms with Gasteiger partial charge in [0.15, 0.2) is 0 Å². The Kier molecular flexibility index (Phi) is 5.88. The van der Waals surface area contributed by atoms with Crippen molar-refractivity contribution in [1.29, 1.82) is 0 Å². The van der Waals surface area contributed by atoms with E-state index in [2.05, 4.69) is 37.3 Å². The molecule has 0 saturated carbocycles. The summed E-state index contributed by atoms with van der Waals surface area (Å²) in [7, 11) is 0. The second-order valence-electron chi connectivity index (χ2n) is 7.72. The Morgan fingerprint density at radius 1 is 1.26 bits per heavy atom. The van der Waals surface area contributed by atoms with E-state index in [1.165, 1.54) is 0 Å². The molecule has 1 fully saturated rings. The van der Waals surface area contributed by atoms with Crippen molar-refractivity contribution in [3.05, 3.63) is 34.3 Å². The molecule has 0 unspecified atom stereocenters. The number of halogens is 1. The van der Waals surface area contributed by atoms with Gasteiger partial charge in [0.25, 0.3) is 0 Å². The maximum absolute atomic E-state index is 12.2. The van der Waals surface area contributed by atoms with E-state index in [9.17, 15) is 4.79 Å². The Morgan fingerprint density at radius 3 is 2.59 bits per heavy atom. The zero-order chi connectivity index (χ0) is 19.6. The van der Waals surface area contributed by atoms with Gasteiger partial charge < -0.3 is 15.1 Å². The standard InChI is InChI=1S/C19H26BrN5O2/c1-19(2,3)27-18(26)25-8-6-24(7-9-25)12-13-10-17(23-21)22-16-11-14(20)4-5-15(13)16/h4-5,10-11H,6-9,12,21H2,1-3H3,(H,22,23). The van der Waals surface area contributed by atoms with Gasteiger partial charge in [0.05, 0.1) is 5.52 Å². The summed E-state index contributed by atoms with van der Waals surface area (Å²) >= 11 is 3.49. The smallest absolute Gasteiger partial charge is 0.410 e. The molecule has 146 valence electrons. The van der Waals surface area contributed by atoms with Gasteiger partial charge in [-0.05, 0) is 44.5 Å². The predicted molar refractivity (Wildman–Crippen MR) is 110 cm³/mol. The molecule has 7 nitrogen and oxygen atoms in total. The zero-order valence-electron chi connectivity index (χ0n) is 16.0. The Balaban J connectivity index is 1.69. The van der Waals surface area contributed by atoms with Crippen LogP contribution < -0.4 is 11.3 Å². The maximum atomic E-state index is 12.2. The third kappa shape index (κ3) is 5.09. The van der Waals surface area contributed by atoms with E-state index >= 15 is 0 Å². The van der Waals surface area contributed by atoms with E-state index in [4.69, 9.17) is 10.6 Å². The van der Waals surface area contributed by atoms with Crippen LogP contribution in [0.3, 0.4) is 0 Å². The highest BCUT2D eigenvalue weighted by atomic mass is 79.9. The third-order valence-electron chi connectivity index (χ3n) is 4.42. The van der Waals surface area contributed by atoms with Crippen LogP contribution in [-0.4, -0.2) is 52.7 Å². The number of amides is 1. The fraction of sp³-hybridized carbons (Fsp3) is 0.474. The Bertz CT molecular complexity index is 829. The molecular formula is C19H26BrN5O2. The molecule has 2 aromatic rings. The monoisotopic (exact) mass is 435 g/mol. The van der Waals surface area contributed by atoms with Crippen molar-refractivity contribution in [2.75, 3.05) is 31.6 Å². The molecule has 1 amide bonds. The molecule has 1 aromatic carbocycles. The lowest BCUT2D eigenvalue weighted by atomic mass is 10.1. The van der Waals surface area contributed by atoms with Crippen molar-refractivity contribution >= 4 is 38.7 Å². The Morgan fingerprint density at radius 2 is 1.96 bits per heavy atom. The number of hydrazine groups is 1. The summed E-state index contributed by atoms with van der Waals surface area (Å²) in [5.74, 6) is 6.23. The molecule has 1 aliphatic heterocycles. The first-order chi connectivity index (χ1) is 12.7. The van der Waals surface area contributed by atoms with E-state index in [-0.39, 0.29) is 6.09 Å². The van der Waals surface area contributed by atoms with Crippen LogP contribution in [0.1, 0.15) is 26.3 Å². The molecule has 0 aliphatic carbocycles. The first-order valence-corrected chi connectivity index (χ1v) is 9.80. The fourth-order valence-corrected chi connectivity index (χ4v) is 3.48. The zero-order valence-corrected chi connectivity index (χ0v) is 17.5. The number of pyridine rings is 1. The van der Waals surface area contributed by atoms with Crippen LogP contribution in [0.2, 0.25) is 0 Å². The summed E-state index contributed by atoms with van der Waals surface area (Å²) in [6.07, 6.45) is -0.240. The molecule has 0 atom stereocenters. The van der Waals surface area contributed by atoms with Gasteiger partial charge in [-0.15, -0.1) is 0 Å². The van der Waals surface area contributed by atoms with Crippen LogP contribution in [0.5, 0.6) is 0 Å². The molecule has 1 aromatic heterocycles. The van der Waals surface area contributed by atoms with Crippen LogP contribution in [-0.2, 0) is 11.3 Å². The summed E-state index contributed by atoms with van der Waals surface area (Å²) < 4.78 is 6.44. The summed E-state index contributed by atoms with van der Waals surface area (Å²) in [4.78, 5) is 20.8. The SMILES string of the molecule is CC(C)(C)OC(=O)N1CCN(Cc2cc(NN)nc3cc(Br)ccc23)CC1. The van der Waals surface area contributed by atoms with Gasteiger partial charge in [-0.2, -0.15) is 0 Å². The highest BCUT2D eigenvalue weighted by Crippen LogP contribution is 2.25. The van der Waals surface area contributed by atoms with Crippen LogP contribution >= 0.6 is 15.9 Å². The second-order valence-corrected chi connectivity index (χ2v) is 8.63. The highest BCUT2D eigenvalue weighted by Gasteiger charge is 2.26. The number of aromatic nitrogens is 1. The van der Waals surface area contributed by atoms with Gasteiger partial charge >= 0.3 is 6.09 Å². The number of nitrogens with two attached hydrogens (primary N) is 1. The lowest BCUT2D eigenvalue weighted by Gasteiger charge is -2.35. The van der Waals surface area contributed by atoms with Crippen molar-refractivity contribution in [2.45, 2.75) is 32.9 Å². The number of nitrogen functional groups attached to an aromatic ring is 1. The first kappa shape index (κ1) is 19.9. The minimum atomic E-state index is -0.468. The van der Waals surface area contributed by atoms with E-state index in [0.29, 0.717) is 18.9 Å². The predicted octanol–water partition coefficient (Wildman–Crippen LogP) is 3.34. The number of hydrogen-bond donors (Lipinski definition) is 2. The normalized spacial score (nSPS) is 15.8. The molecule has 1 saturated heterocycles. The van der Waals surface area contributed by atoms with Gasteiger partial charge in [-0.1, -0.05) is 22.0 Å². The van der Waals surface area contributed by atoms with Gasteiger partial charge in [-0.3, -0.25) is 4.90 Å². The molecule has 1 aliphatic rings. The quantitative estimate of drug-likeness (QED) is 0.567. The topological polar surface area (TPSA) is 83.7 Å². The Labute approximate surface area is 167 Å². The van der Waals surface area contributed by atoms with Gasteiger partial charge in [0.1, 0.15) is 11.4 Å². The number of benzene rings is 1. The van der Waals surface area contributed by atoms with E-state index in [0.717, 1.165) is 40.6 Å². The van der Waals surface area contributed by atoms with Crippen molar-refractivity contribution in [1.82, 2.24) is 14.8 Å². The van der Waals surface area contributed by atoms with Crippen molar-refractivity contribution in [2.24, 2.45) is 5.84 Å². The molecule has 2 heterocycles. The average molecular weight is 436 g/mol. The fourth-order valence-electron chi connectivity index (χ4n) is 3.13. The minimum Gasteiger partial charge on any atom is -0.444 e. The van der Waals surface area contributed by atoms with Crippen LogP contribution in [0.4, 0.5) is 10.6 Å². The lowest BCUT2D eigenvalue weighted by Crippen LogP contribution is -2.49. The van der Waals surface area contributed by atoms with Crippen molar-refractivity contribution in [3.8, 4) is 0 Å². The highest BCUT2D eigenvalue weighted by molar-refractivity contribution is 9.10. The molecule has 0 bridgehead atoms. The number of anilines is 1. The van der Waals surface area contributed by atoms with Gasteiger partial charge in [0, 0.05) is 42.6 Å². The molecular weight excluding hydrogens is 410 g/mol. The molecule has 0 radical (unpaired) electrons. The number of nitrogens with zero attached hydrogens (tertiary/aromatic N) is 3. The van der Waals surface area contributed by atoms with Crippen LogP contribution in [0.15, 0.2) is 28.7 Å². The number of hydrogen-bond acceptors (Lipinski definition) is 6. The number of nitrogens with one attached hydrogen (secondary N) is 1. The number of ether oxygens (including phenoxy) is 1. The third-order valence-corrected chi connectivity index (χ3v) is 4.92. The lowest BCUT2D eigenvalue weighted by molar-refractivity contribution is 0.0139. The number of carbonyl (C=O) groups is 1. The van der Waals surface area contributed by atoms with Crippen molar-refractivity contribution < 1.29 is 9.53 Å². The van der Waals surface area contributed by atoms with E-state index in [1.54, 1.807) is 4.90 Å². The van der Waals surface area contributed by atoms with Crippen LogP contribution in [0, 0.1) is 0 Å². The van der Waals surface area contributed by atoms with Gasteiger partial charge in [-0.25, -0.2) is 15.6 Å². The first-order valence-electron chi connectivity index (χ1n) is 9.01. The maximum Gasteiger partial charge on any atom is 0.410 e. The number of carbonyl (C=O) groups excluding carboxylic acids is 1. The molecule has 8 heteroatoms. The van der Waals surface area contributed by atoms with Crippen LogP contribution in [0.25, 0.3) is 10.9 Å². The molecule has 0 spiro atoms. The molecule has 3 N–H and O–H groups in total. The summed E-state index contributed by atoms with van der Waals surface area (Å²) in [5.41, 5.74) is 4.23. The second kappa shape index (κ2) is 8.00. The van der Waals surface area contributed by atoms with Gasteiger partial charge in [0.2, 0.25) is 0 Å². The Hall–Kier alpha value is -1.90. The summed E-state index contributed by atoms with van der Waals surface area (Å²) in [5, 5.41) is 1.10. The summed E-state index contributed by atoms with van der Waals surface area (Å²) in [6.45, 7) is 9.34. The average Bonchev–Trinajstić information content (AvgIpc) is 2.60. The van der Waals surface area contributed by atoms with E-state index < -0.39 is 5.60 Å². The molecule has 27 heavy (non-hydrogen) atoms. The van der Waals surface area contributed by atoms with Crippen molar-refractivity contribution in [3.63, 3.8) is 0 Å². The minimum absolute atomic E-state index is 0.240. The number of piperazine rings is 1. The number of fused-ring (bicyclic) bond motifs is 1. The summed E-state index contributed by atoms with van der Waals surface area (Å²) in [6, 6.07) is 8.05. The number of rotatable bonds is 3.